The molecule has 148 valence electrons. The molecule has 0 amide bonds. The van der Waals surface area contributed by atoms with Gasteiger partial charge in [0, 0.05) is 19.4 Å². The van der Waals surface area contributed by atoms with Crippen LogP contribution in [0.15, 0.2) is 11.1 Å². The van der Waals surface area contributed by atoms with Gasteiger partial charge in [-0.15, -0.1) is 0 Å². The second-order valence-electron chi connectivity index (χ2n) is 7.94. The van der Waals surface area contributed by atoms with Crippen LogP contribution in [0.1, 0.15) is 46.5 Å². The van der Waals surface area contributed by atoms with Gasteiger partial charge in [-0.3, -0.25) is 9.59 Å². The second kappa shape index (κ2) is 5.78. The van der Waals surface area contributed by atoms with Crippen LogP contribution in [0.2, 0.25) is 0 Å². The summed E-state index contributed by atoms with van der Waals surface area (Å²) in [6.07, 6.45) is 1.76. The molecule has 0 radical (unpaired) electrons. The van der Waals surface area contributed by atoms with Gasteiger partial charge in [0.15, 0.2) is 0 Å². The van der Waals surface area contributed by atoms with E-state index in [4.69, 9.17) is 18.9 Å². The summed E-state index contributed by atoms with van der Waals surface area (Å²) in [5.41, 5.74) is -0.973. The molecule has 5 atom stereocenters. The highest BCUT2D eigenvalue weighted by molar-refractivity contribution is 5.93. The largest absolute Gasteiger partial charge is 0.465 e. The molecule has 3 aliphatic heterocycles. The molecule has 2 saturated heterocycles. The number of hydrogen-bond acceptors (Lipinski definition) is 8. The van der Waals surface area contributed by atoms with Crippen molar-refractivity contribution in [3.05, 3.63) is 11.1 Å². The second-order valence-corrected chi connectivity index (χ2v) is 7.94. The third kappa shape index (κ3) is 2.03. The highest BCUT2D eigenvalue weighted by Gasteiger charge is 2.88. The monoisotopic (exact) mass is 380 g/mol. The molecule has 0 unspecified atom stereocenters. The van der Waals surface area contributed by atoms with Crippen molar-refractivity contribution in [1.29, 1.82) is 0 Å². The SMILES string of the molecule is CC(=O)OC[C@@]12[C@@H](OC(C)=O)CC[C@]13O[C@]21OC(=O)C(CO)=C1CC[C@@H]3C. The molecule has 4 fully saturated rings. The van der Waals surface area contributed by atoms with E-state index in [1.54, 1.807) is 0 Å². The average molecular weight is 380 g/mol. The third-order valence-corrected chi connectivity index (χ3v) is 6.83. The van der Waals surface area contributed by atoms with E-state index in [0.29, 0.717) is 24.8 Å². The Bertz CT molecular complexity index is 757. The van der Waals surface area contributed by atoms with E-state index in [1.807, 2.05) is 6.92 Å². The molecule has 2 saturated carbocycles. The lowest BCUT2D eigenvalue weighted by atomic mass is 9.57. The van der Waals surface area contributed by atoms with E-state index in [9.17, 15) is 19.5 Å². The first-order valence-corrected chi connectivity index (χ1v) is 9.31. The lowest BCUT2D eigenvalue weighted by molar-refractivity contribution is -0.452. The van der Waals surface area contributed by atoms with Gasteiger partial charge in [-0.25, -0.2) is 4.79 Å². The molecule has 3 heterocycles. The molecule has 2 aliphatic carbocycles. The fourth-order valence-corrected chi connectivity index (χ4v) is 5.78. The first-order valence-electron chi connectivity index (χ1n) is 9.31. The van der Waals surface area contributed by atoms with Crippen molar-refractivity contribution in [3.8, 4) is 0 Å². The molecular formula is C19H24O8. The Kier molecular flexibility index (Phi) is 3.95. The predicted octanol–water partition coefficient (Wildman–Crippen LogP) is 1.00. The summed E-state index contributed by atoms with van der Waals surface area (Å²) in [5.74, 6) is -2.96. The van der Waals surface area contributed by atoms with Crippen molar-refractivity contribution in [2.45, 2.75) is 63.9 Å². The van der Waals surface area contributed by atoms with Crippen LogP contribution in [-0.2, 0) is 33.3 Å². The van der Waals surface area contributed by atoms with Crippen LogP contribution in [0, 0.1) is 11.3 Å². The van der Waals surface area contributed by atoms with Gasteiger partial charge in [-0.2, -0.15) is 0 Å². The molecular weight excluding hydrogens is 356 g/mol. The predicted molar refractivity (Wildman–Crippen MR) is 89.0 cm³/mol. The minimum absolute atomic E-state index is 0.0657. The lowest BCUT2D eigenvalue weighted by Crippen LogP contribution is -2.80. The highest BCUT2D eigenvalue weighted by atomic mass is 16.8. The normalized spacial score (nSPS) is 41.9. The van der Waals surface area contributed by atoms with E-state index in [1.165, 1.54) is 13.8 Å². The number of ether oxygens (including phenoxy) is 4. The maximum absolute atomic E-state index is 12.5. The van der Waals surface area contributed by atoms with E-state index >= 15 is 0 Å². The molecule has 27 heavy (non-hydrogen) atoms. The summed E-state index contributed by atoms with van der Waals surface area (Å²) in [6.45, 7) is 4.14. The van der Waals surface area contributed by atoms with Crippen molar-refractivity contribution in [2.75, 3.05) is 13.2 Å². The minimum atomic E-state index is -1.46. The van der Waals surface area contributed by atoms with Crippen molar-refractivity contribution in [3.63, 3.8) is 0 Å². The number of hydrogen-bond donors (Lipinski definition) is 1. The fraction of sp³-hybridized carbons (Fsp3) is 0.737. The average Bonchev–Trinajstić information content (AvgIpc) is 2.93. The zero-order chi connectivity index (χ0) is 19.6. The van der Waals surface area contributed by atoms with Gasteiger partial charge in [0.2, 0.25) is 0 Å². The summed E-state index contributed by atoms with van der Waals surface area (Å²) in [7, 11) is 0. The van der Waals surface area contributed by atoms with Gasteiger partial charge in [0.05, 0.1) is 17.8 Å². The Hall–Kier alpha value is -1.93. The molecule has 5 rings (SSSR count). The number of carbonyl (C=O) groups is 3. The van der Waals surface area contributed by atoms with Crippen LogP contribution in [-0.4, -0.2) is 53.7 Å². The van der Waals surface area contributed by atoms with Crippen LogP contribution < -0.4 is 0 Å². The Morgan fingerprint density at radius 3 is 2.63 bits per heavy atom. The number of rotatable bonds is 4. The Morgan fingerprint density at radius 1 is 1.26 bits per heavy atom. The van der Waals surface area contributed by atoms with Gasteiger partial charge < -0.3 is 24.1 Å². The minimum Gasteiger partial charge on any atom is -0.465 e. The van der Waals surface area contributed by atoms with E-state index < -0.39 is 47.4 Å². The van der Waals surface area contributed by atoms with Crippen LogP contribution in [0.3, 0.4) is 0 Å². The number of fused-ring (bicyclic) bond motifs is 2. The first-order chi connectivity index (χ1) is 12.7. The van der Waals surface area contributed by atoms with E-state index in [2.05, 4.69) is 0 Å². The molecule has 8 nitrogen and oxygen atoms in total. The summed E-state index contributed by atoms with van der Waals surface area (Å²) in [4.78, 5) is 35.9. The number of esters is 3. The molecule has 1 N–H and O–H groups in total. The topological polar surface area (TPSA) is 108 Å². The van der Waals surface area contributed by atoms with Crippen molar-refractivity contribution >= 4 is 17.9 Å². The van der Waals surface area contributed by atoms with Crippen molar-refractivity contribution < 1.29 is 38.4 Å². The van der Waals surface area contributed by atoms with Crippen LogP contribution in [0.4, 0.5) is 0 Å². The zero-order valence-electron chi connectivity index (χ0n) is 15.7. The highest BCUT2D eigenvalue weighted by Crippen LogP contribution is 2.75. The number of aliphatic hydroxyl groups excluding tert-OH is 1. The van der Waals surface area contributed by atoms with Gasteiger partial charge >= 0.3 is 17.9 Å². The van der Waals surface area contributed by atoms with E-state index in [-0.39, 0.29) is 18.1 Å². The summed E-state index contributed by atoms with van der Waals surface area (Å²) in [5, 5.41) is 9.73. The smallest absolute Gasteiger partial charge is 0.339 e. The molecule has 2 spiro atoms. The van der Waals surface area contributed by atoms with Crippen LogP contribution >= 0.6 is 0 Å². The maximum Gasteiger partial charge on any atom is 0.339 e. The van der Waals surface area contributed by atoms with Gasteiger partial charge in [0.1, 0.15) is 18.1 Å². The maximum atomic E-state index is 12.5. The Labute approximate surface area is 156 Å². The molecule has 5 aliphatic rings. The van der Waals surface area contributed by atoms with Gasteiger partial charge in [-0.05, 0) is 31.6 Å². The molecule has 0 aromatic heterocycles. The number of carbonyl (C=O) groups excluding carboxylic acids is 3. The fourth-order valence-electron chi connectivity index (χ4n) is 5.78. The first kappa shape index (κ1) is 18.4. The third-order valence-electron chi connectivity index (χ3n) is 6.83. The summed E-state index contributed by atoms with van der Waals surface area (Å²) in [6, 6.07) is 0. The Morgan fingerprint density at radius 2 is 2.00 bits per heavy atom. The summed E-state index contributed by atoms with van der Waals surface area (Å²) < 4.78 is 23.2. The quantitative estimate of drug-likeness (QED) is 0.568. The number of aliphatic hydroxyl groups is 1. The molecule has 0 aromatic carbocycles. The Balaban J connectivity index is 1.91. The standard InChI is InChI=1S/C19H24O8/c1-10-4-5-14-13(8-20)16(23)26-19(14)17(9-24-11(2)21)15(25-12(3)22)6-7-18(10,17)27-19/h10,15,20H,4-9H2,1-3H3/t10-,15-,17+,18+,19-/m0/s1. The molecule has 2 bridgehead atoms. The molecule has 0 aromatic rings. The van der Waals surface area contributed by atoms with Gasteiger partial charge in [0.25, 0.3) is 5.79 Å². The summed E-state index contributed by atoms with van der Waals surface area (Å²) >= 11 is 0. The van der Waals surface area contributed by atoms with Crippen molar-refractivity contribution in [2.24, 2.45) is 11.3 Å². The zero-order valence-corrected chi connectivity index (χ0v) is 15.7. The van der Waals surface area contributed by atoms with Gasteiger partial charge in [-0.1, -0.05) is 6.92 Å². The molecule has 8 heteroatoms. The van der Waals surface area contributed by atoms with Crippen LogP contribution in [0.25, 0.3) is 0 Å². The van der Waals surface area contributed by atoms with E-state index in [0.717, 1.165) is 6.42 Å². The van der Waals surface area contributed by atoms with Crippen LogP contribution in [0.5, 0.6) is 0 Å². The van der Waals surface area contributed by atoms with Crippen molar-refractivity contribution in [1.82, 2.24) is 0 Å². The lowest BCUT2D eigenvalue weighted by Gasteiger charge is -2.66.